The Labute approximate surface area is 126 Å². The van der Waals surface area contributed by atoms with E-state index in [9.17, 15) is 18.8 Å². The zero-order chi connectivity index (χ0) is 15.3. The Kier molecular flexibility index (Phi) is 3.20. The Bertz CT molecular complexity index is 839. The van der Waals surface area contributed by atoms with Crippen LogP contribution in [0.15, 0.2) is 21.4 Å². The fourth-order valence-corrected chi connectivity index (χ4v) is 2.95. The van der Waals surface area contributed by atoms with Crippen molar-refractivity contribution in [1.29, 1.82) is 0 Å². The second-order valence-electron chi connectivity index (χ2n) is 4.91. The number of carbonyl (C=O) groups is 2. The van der Waals surface area contributed by atoms with Gasteiger partial charge in [-0.2, -0.15) is 0 Å². The van der Waals surface area contributed by atoms with E-state index in [2.05, 4.69) is 21.2 Å². The minimum Gasteiger partial charge on any atom is -0.295 e. The Morgan fingerprint density at radius 3 is 2.71 bits per heavy atom. The van der Waals surface area contributed by atoms with Gasteiger partial charge in [0.05, 0.1) is 9.99 Å². The number of halogens is 2. The lowest BCUT2D eigenvalue weighted by Crippen LogP contribution is -2.44. The molecule has 1 aromatic carbocycles. The number of fused-ring (bicyclic) bond motifs is 1. The molecule has 3 rings (SSSR count). The fraction of sp³-hybridized carbons (Fsp3) is 0.308. The highest BCUT2D eigenvalue weighted by Crippen LogP contribution is 2.27. The molecule has 21 heavy (non-hydrogen) atoms. The van der Waals surface area contributed by atoms with Crippen molar-refractivity contribution in [3.63, 3.8) is 0 Å². The van der Waals surface area contributed by atoms with Crippen LogP contribution in [0.2, 0.25) is 0 Å². The van der Waals surface area contributed by atoms with Crippen LogP contribution in [0.4, 0.5) is 4.39 Å². The second kappa shape index (κ2) is 4.80. The molecule has 0 aliphatic carbocycles. The highest BCUT2D eigenvalue weighted by atomic mass is 79.9. The summed E-state index contributed by atoms with van der Waals surface area (Å²) in [6.45, 7) is 0. The van der Waals surface area contributed by atoms with E-state index >= 15 is 0 Å². The maximum absolute atomic E-state index is 14.2. The molecule has 1 fully saturated rings. The van der Waals surface area contributed by atoms with E-state index in [1.54, 1.807) is 6.07 Å². The van der Waals surface area contributed by atoms with Gasteiger partial charge in [-0.05, 0) is 34.5 Å². The number of carbonyl (C=O) groups excluding carboxylic acids is 2. The van der Waals surface area contributed by atoms with Crippen LogP contribution >= 0.6 is 15.9 Å². The van der Waals surface area contributed by atoms with Crippen molar-refractivity contribution >= 4 is 38.8 Å². The molecular weight excluding hydrogens is 345 g/mol. The van der Waals surface area contributed by atoms with Crippen LogP contribution in [0.3, 0.4) is 0 Å². The van der Waals surface area contributed by atoms with Gasteiger partial charge in [0, 0.05) is 13.5 Å². The van der Waals surface area contributed by atoms with E-state index in [0.29, 0.717) is 5.52 Å². The summed E-state index contributed by atoms with van der Waals surface area (Å²) in [5, 5.41) is 2.21. The smallest absolute Gasteiger partial charge is 0.295 e. The minimum atomic E-state index is -0.806. The van der Waals surface area contributed by atoms with Crippen molar-refractivity contribution in [1.82, 2.24) is 14.5 Å². The first-order valence-corrected chi connectivity index (χ1v) is 7.09. The van der Waals surface area contributed by atoms with Gasteiger partial charge in [-0.1, -0.05) is 0 Å². The number of hydrogen-bond acceptors (Lipinski definition) is 3. The van der Waals surface area contributed by atoms with Crippen LogP contribution < -0.4 is 11.0 Å². The molecule has 0 radical (unpaired) electrons. The minimum absolute atomic E-state index is 0.124. The maximum Gasteiger partial charge on any atom is 0.329 e. The third kappa shape index (κ3) is 2.01. The normalized spacial score (nSPS) is 19.1. The molecule has 1 N–H and O–H groups in total. The van der Waals surface area contributed by atoms with Crippen molar-refractivity contribution < 1.29 is 14.0 Å². The summed E-state index contributed by atoms with van der Waals surface area (Å²) >= 11 is 3.08. The Hall–Kier alpha value is -1.96. The molecular formula is C13H11BrFN3O3. The molecule has 110 valence electrons. The van der Waals surface area contributed by atoms with E-state index < -0.39 is 23.5 Å². The summed E-state index contributed by atoms with van der Waals surface area (Å²) in [7, 11) is 1.45. The Morgan fingerprint density at radius 2 is 2.05 bits per heavy atom. The number of aryl methyl sites for hydroxylation is 1. The maximum atomic E-state index is 14.2. The van der Waals surface area contributed by atoms with Crippen molar-refractivity contribution in [2.24, 2.45) is 7.05 Å². The molecule has 8 heteroatoms. The molecule has 1 saturated heterocycles. The predicted molar refractivity (Wildman–Crippen MR) is 76.3 cm³/mol. The van der Waals surface area contributed by atoms with Gasteiger partial charge >= 0.3 is 5.69 Å². The van der Waals surface area contributed by atoms with E-state index in [1.165, 1.54) is 22.2 Å². The number of amides is 2. The molecule has 2 aromatic rings. The number of hydrogen-bond donors (Lipinski definition) is 1. The fourth-order valence-electron chi connectivity index (χ4n) is 2.63. The molecule has 1 aromatic heterocycles. The van der Waals surface area contributed by atoms with Gasteiger partial charge < -0.3 is 0 Å². The van der Waals surface area contributed by atoms with Gasteiger partial charge in [-0.15, -0.1) is 0 Å². The van der Waals surface area contributed by atoms with Crippen molar-refractivity contribution in [2.75, 3.05) is 0 Å². The van der Waals surface area contributed by atoms with Gasteiger partial charge in [0.1, 0.15) is 11.6 Å². The van der Waals surface area contributed by atoms with E-state index in [1.807, 2.05) is 0 Å². The molecule has 0 bridgehead atoms. The molecule has 1 atom stereocenters. The van der Waals surface area contributed by atoms with E-state index in [4.69, 9.17) is 0 Å². The topological polar surface area (TPSA) is 73.1 Å². The highest BCUT2D eigenvalue weighted by molar-refractivity contribution is 9.10. The third-order valence-corrected chi connectivity index (χ3v) is 4.27. The largest absolute Gasteiger partial charge is 0.329 e. The first-order valence-electron chi connectivity index (χ1n) is 6.30. The average Bonchev–Trinajstić information content (AvgIpc) is 2.68. The molecule has 1 aliphatic rings. The highest BCUT2D eigenvalue weighted by Gasteiger charge is 2.31. The van der Waals surface area contributed by atoms with Gasteiger partial charge in [-0.25, -0.2) is 9.18 Å². The standard InChI is InChI=1S/C13H11BrFN3O3/c1-17-11-7(3-2-6(14)10(11)15)18(13(17)21)8-4-5-9(19)16-12(8)20/h2-3,8H,4-5H2,1H3,(H,16,19,20). The number of rotatable bonds is 1. The molecule has 2 heterocycles. The Morgan fingerprint density at radius 1 is 1.33 bits per heavy atom. The van der Waals surface area contributed by atoms with Crippen molar-refractivity contribution in [2.45, 2.75) is 18.9 Å². The number of nitrogens with zero attached hydrogens (tertiary/aromatic N) is 2. The predicted octanol–water partition coefficient (Wildman–Crippen LogP) is 1.22. The van der Waals surface area contributed by atoms with Crippen LogP contribution in [-0.2, 0) is 16.6 Å². The summed E-state index contributed by atoms with van der Waals surface area (Å²) in [5.74, 6) is -1.46. The monoisotopic (exact) mass is 355 g/mol. The quantitative estimate of drug-likeness (QED) is 0.781. The average molecular weight is 356 g/mol. The lowest BCUT2D eigenvalue weighted by Gasteiger charge is -2.21. The van der Waals surface area contributed by atoms with Crippen LogP contribution in [0.25, 0.3) is 11.0 Å². The van der Waals surface area contributed by atoms with Crippen molar-refractivity contribution in [3.05, 3.63) is 32.9 Å². The number of imidazole rings is 1. The van der Waals surface area contributed by atoms with Gasteiger partial charge in [0.25, 0.3) is 0 Å². The number of imide groups is 1. The van der Waals surface area contributed by atoms with Crippen molar-refractivity contribution in [3.8, 4) is 0 Å². The number of benzene rings is 1. The number of nitrogens with one attached hydrogen (secondary N) is 1. The van der Waals surface area contributed by atoms with Crippen LogP contribution in [-0.4, -0.2) is 20.9 Å². The first-order chi connectivity index (χ1) is 9.91. The molecule has 0 saturated carbocycles. The molecule has 6 nitrogen and oxygen atoms in total. The summed E-state index contributed by atoms with van der Waals surface area (Å²) in [5.41, 5.74) is -0.0340. The summed E-state index contributed by atoms with van der Waals surface area (Å²) in [4.78, 5) is 35.5. The van der Waals surface area contributed by atoms with E-state index in [0.717, 1.165) is 0 Å². The summed E-state index contributed by atoms with van der Waals surface area (Å²) in [6, 6.07) is 2.26. The molecule has 1 aliphatic heterocycles. The Balaban J connectivity index is 2.27. The number of aromatic nitrogens is 2. The van der Waals surface area contributed by atoms with Crippen LogP contribution in [0.5, 0.6) is 0 Å². The molecule has 2 amide bonds. The van der Waals surface area contributed by atoms with Crippen LogP contribution in [0.1, 0.15) is 18.9 Å². The number of piperidine rings is 1. The van der Waals surface area contributed by atoms with Gasteiger partial charge in [0.15, 0.2) is 5.82 Å². The zero-order valence-electron chi connectivity index (χ0n) is 11.0. The lowest BCUT2D eigenvalue weighted by atomic mass is 10.1. The summed E-state index contributed by atoms with van der Waals surface area (Å²) < 4.78 is 16.9. The van der Waals surface area contributed by atoms with Gasteiger partial charge in [-0.3, -0.25) is 24.0 Å². The second-order valence-corrected chi connectivity index (χ2v) is 5.76. The molecule has 0 spiro atoms. The zero-order valence-corrected chi connectivity index (χ0v) is 12.6. The summed E-state index contributed by atoms with van der Waals surface area (Å²) in [6.07, 6.45) is 0.375. The van der Waals surface area contributed by atoms with E-state index in [-0.39, 0.29) is 28.7 Å². The third-order valence-electron chi connectivity index (χ3n) is 3.66. The molecule has 1 unspecified atom stereocenters. The SMILES string of the molecule is Cn1c(=O)n(C2CCC(=O)NC2=O)c2ccc(Br)c(F)c21. The van der Waals surface area contributed by atoms with Gasteiger partial charge in [0.2, 0.25) is 11.8 Å². The van der Waals surface area contributed by atoms with Crippen LogP contribution in [0, 0.1) is 5.82 Å². The lowest BCUT2D eigenvalue weighted by molar-refractivity contribution is -0.135. The first kappa shape index (κ1) is 14.0.